The maximum Gasteiger partial charge on any atom is 0.257 e. The van der Waals surface area contributed by atoms with Crippen LogP contribution < -0.4 is 10.3 Å². The molecule has 1 N–H and O–H groups in total. The van der Waals surface area contributed by atoms with E-state index in [0.717, 1.165) is 11.3 Å². The van der Waals surface area contributed by atoms with Crippen molar-refractivity contribution in [1.82, 2.24) is 9.97 Å². The fraction of sp³-hybridized carbons (Fsp3) is 0.0667. The van der Waals surface area contributed by atoms with Gasteiger partial charge in [0.2, 0.25) is 0 Å². The number of pyridine rings is 2. The Balaban J connectivity index is 2.18. The van der Waals surface area contributed by atoms with Crippen molar-refractivity contribution >= 4 is 22.5 Å². The van der Waals surface area contributed by atoms with Crippen LogP contribution in [0.2, 0.25) is 5.15 Å². The van der Waals surface area contributed by atoms with E-state index >= 15 is 0 Å². The molecule has 0 unspecified atom stereocenters. The van der Waals surface area contributed by atoms with Gasteiger partial charge in [-0.3, -0.25) is 4.79 Å². The van der Waals surface area contributed by atoms with Crippen molar-refractivity contribution in [3.8, 4) is 17.0 Å². The number of ether oxygens (including phenoxy) is 1. The van der Waals surface area contributed by atoms with E-state index in [-0.39, 0.29) is 5.56 Å². The Morgan fingerprint density at radius 1 is 1.15 bits per heavy atom. The first-order chi connectivity index (χ1) is 9.67. The summed E-state index contributed by atoms with van der Waals surface area (Å²) in [5, 5.41) is 0.885. The molecule has 0 aliphatic rings. The van der Waals surface area contributed by atoms with Gasteiger partial charge in [0.25, 0.3) is 5.56 Å². The number of aromatic nitrogens is 2. The van der Waals surface area contributed by atoms with E-state index in [1.54, 1.807) is 19.2 Å². The SMILES string of the molecule is COc1ccc(-c2cc3nc(Cl)ccc3c(=O)[nH]2)cc1. The minimum atomic E-state index is -0.183. The van der Waals surface area contributed by atoms with Crippen LogP contribution in [0.3, 0.4) is 0 Å². The second-order valence-corrected chi connectivity index (χ2v) is 4.69. The van der Waals surface area contributed by atoms with Crippen LogP contribution in [0.5, 0.6) is 5.75 Å². The van der Waals surface area contributed by atoms with Crippen molar-refractivity contribution in [2.24, 2.45) is 0 Å². The number of rotatable bonds is 2. The molecule has 100 valence electrons. The van der Waals surface area contributed by atoms with E-state index in [9.17, 15) is 4.79 Å². The summed E-state index contributed by atoms with van der Waals surface area (Å²) >= 11 is 5.87. The second-order valence-electron chi connectivity index (χ2n) is 4.31. The topological polar surface area (TPSA) is 55.0 Å². The lowest BCUT2D eigenvalue weighted by molar-refractivity contribution is 0.415. The van der Waals surface area contributed by atoms with Crippen LogP contribution in [-0.4, -0.2) is 17.1 Å². The molecule has 0 amide bonds. The number of fused-ring (bicyclic) bond motifs is 1. The molecule has 20 heavy (non-hydrogen) atoms. The molecule has 2 heterocycles. The summed E-state index contributed by atoms with van der Waals surface area (Å²) in [5.41, 5.74) is 1.97. The summed E-state index contributed by atoms with van der Waals surface area (Å²) in [5.74, 6) is 0.762. The molecule has 2 aromatic heterocycles. The normalized spacial score (nSPS) is 10.7. The van der Waals surface area contributed by atoms with E-state index in [1.807, 2.05) is 30.3 Å². The van der Waals surface area contributed by atoms with Gasteiger partial charge in [-0.2, -0.15) is 0 Å². The molecule has 0 aliphatic heterocycles. The summed E-state index contributed by atoms with van der Waals surface area (Å²) < 4.78 is 5.11. The Bertz CT molecular complexity index is 825. The Kier molecular flexibility index (Phi) is 3.16. The highest BCUT2D eigenvalue weighted by Gasteiger charge is 2.06. The zero-order chi connectivity index (χ0) is 14.1. The van der Waals surface area contributed by atoms with E-state index < -0.39 is 0 Å². The molecule has 1 aromatic carbocycles. The van der Waals surface area contributed by atoms with Gasteiger partial charge in [0.15, 0.2) is 0 Å². The summed E-state index contributed by atoms with van der Waals surface area (Å²) in [7, 11) is 1.61. The van der Waals surface area contributed by atoms with Crippen molar-refractivity contribution in [3.63, 3.8) is 0 Å². The van der Waals surface area contributed by atoms with Gasteiger partial charge in [-0.15, -0.1) is 0 Å². The third-order valence-electron chi connectivity index (χ3n) is 3.07. The number of nitrogens with zero attached hydrogens (tertiary/aromatic N) is 1. The molecule has 3 rings (SSSR count). The predicted octanol–water partition coefficient (Wildman–Crippen LogP) is 3.25. The standard InChI is InChI=1S/C15H11ClN2O2/c1-20-10-4-2-9(3-5-10)12-8-13-11(15(19)18-12)6-7-14(16)17-13/h2-8H,1H3,(H,18,19). The first kappa shape index (κ1) is 12.7. The van der Waals surface area contributed by atoms with Gasteiger partial charge in [0.05, 0.1) is 23.7 Å². The molecule has 0 aliphatic carbocycles. The zero-order valence-corrected chi connectivity index (χ0v) is 11.4. The van der Waals surface area contributed by atoms with Crippen molar-refractivity contribution in [2.45, 2.75) is 0 Å². The largest absolute Gasteiger partial charge is 0.497 e. The average molecular weight is 287 g/mol. The van der Waals surface area contributed by atoms with Crippen LogP contribution in [0.25, 0.3) is 22.2 Å². The number of hydrogen-bond acceptors (Lipinski definition) is 3. The van der Waals surface area contributed by atoms with Crippen LogP contribution in [-0.2, 0) is 0 Å². The molecule has 0 radical (unpaired) electrons. The molecule has 3 aromatic rings. The fourth-order valence-corrected chi connectivity index (χ4v) is 2.19. The second kappa shape index (κ2) is 4.98. The number of methoxy groups -OCH3 is 1. The van der Waals surface area contributed by atoms with Crippen LogP contribution in [0.4, 0.5) is 0 Å². The monoisotopic (exact) mass is 286 g/mol. The summed E-state index contributed by atoms with van der Waals surface area (Å²) in [4.78, 5) is 19.1. The van der Waals surface area contributed by atoms with E-state index in [4.69, 9.17) is 16.3 Å². The third-order valence-corrected chi connectivity index (χ3v) is 3.28. The van der Waals surface area contributed by atoms with Gasteiger partial charge < -0.3 is 9.72 Å². The molecule has 0 bridgehead atoms. The van der Waals surface area contributed by atoms with Crippen LogP contribution >= 0.6 is 11.6 Å². The first-order valence-electron chi connectivity index (χ1n) is 6.01. The number of halogens is 1. The molecule has 5 heteroatoms. The molecular weight excluding hydrogens is 276 g/mol. The number of benzene rings is 1. The van der Waals surface area contributed by atoms with Gasteiger partial charge >= 0.3 is 0 Å². The number of H-pyrrole nitrogens is 1. The highest BCUT2D eigenvalue weighted by Crippen LogP contribution is 2.22. The molecule has 0 spiro atoms. The molecule has 0 fully saturated rings. The fourth-order valence-electron chi connectivity index (χ4n) is 2.04. The van der Waals surface area contributed by atoms with Crippen LogP contribution in [0.15, 0.2) is 47.3 Å². The van der Waals surface area contributed by atoms with E-state index in [2.05, 4.69) is 9.97 Å². The molecule has 0 saturated heterocycles. The lowest BCUT2D eigenvalue weighted by Crippen LogP contribution is -2.07. The molecular formula is C15H11ClN2O2. The number of hydrogen-bond donors (Lipinski definition) is 1. The maximum absolute atomic E-state index is 12.0. The quantitative estimate of drug-likeness (QED) is 0.736. The highest BCUT2D eigenvalue weighted by atomic mass is 35.5. The molecule has 0 atom stereocenters. The minimum absolute atomic E-state index is 0.183. The van der Waals surface area contributed by atoms with Crippen molar-refractivity contribution in [2.75, 3.05) is 7.11 Å². The van der Waals surface area contributed by atoms with Gasteiger partial charge in [-0.05, 0) is 48.0 Å². The first-order valence-corrected chi connectivity index (χ1v) is 6.39. The maximum atomic E-state index is 12.0. The Morgan fingerprint density at radius 2 is 1.90 bits per heavy atom. The molecule has 4 nitrogen and oxygen atoms in total. The highest BCUT2D eigenvalue weighted by molar-refractivity contribution is 6.29. The smallest absolute Gasteiger partial charge is 0.257 e. The van der Waals surface area contributed by atoms with Crippen molar-refractivity contribution in [3.05, 3.63) is 58.0 Å². The number of nitrogens with one attached hydrogen (secondary N) is 1. The Hall–Kier alpha value is -2.33. The Labute approximate surface area is 120 Å². The van der Waals surface area contributed by atoms with Crippen LogP contribution in [0, 0.1) is 0 Å². The van der Waals surface area contributed by atoms with Crippen LogP contribution in [0.1, 0.15) is 0 Å². The van der Waals surface area contributed by atoms with Gasteiger partial charge in [-0.1, -0.05) is 11.6 Å². The van der Waals surface area contributed by atoms with E-state index in [1.165, 1.54) is 0 Å². The average Bonchev–Trinajstić information content (AvgIpc) is 2.46. The minimum Gasteiger partial charge on any atom is -0.497 e. The number of aromatic amines is 1. The summed E-state index contributed by atoms with van der Waals surface area (Å²) in [6.45, 7) is 0. The zero-order valence-electron chi connectivity index (χ0n) is 10.7. The molecule has 0 saturated carbocycles. The van der Waals surface area contributed by atoms with E-state index in [0.29, 0.717) is 21.7 Å². The third kappa shape index (κ3) is 2.26. The van der Waals surface area contributed by atoms with Crippen molar-refractivity contribution in [1.29, 1.82) is 0 Å². The Morgan fingerprint density at radius 3 is 2.60 bits per heavy atom. The van der Waals surface area contributed by atoms with Gasteiger partial charge in [0.1, 0.15) is 10.9 Å². The van der Waals surface area contributed by atoms with Gasteiger partial charge in [-0.25, -0.2) is 4.98 Å². The van der Waals surface area contributed by atoms with Crippen molar-refractivity contribution < 1.29 is 4.74 Å². The lowest BCUT2D eigenvalue weighted by Gasteiger charge is -2.05. The predicted molar refractivity (Wildman–Crippen MR) is 79.4 cm³/mol. The lowest BCUT2D eigenvalue weighted by atomic mass is 10.1. The summed E-state index contributed by atoms with van der Waals surface area (Å²) in [6, 6.07) is 12.5. The van der Waals surface area contributed by atoms with Gasteiger partial charge in [0, 0.05) is 0 Å². The summed E-state index contributed by atoms with van der Waals surface area (Å²) in [6.07, 6.45) is 0.